The highest BCUT2D eigenvalue weighted by molar-refractivity contribution is 5.96. The lowest BCUT2D eigenvalue weighted by Gasteiger charge is -2.14. The Morgan fingerprint density at radius 3 is 1.65 bits per heavy atom. The van der Waals surface area contributed by atoms with Crippen LogP contribution >= 0.6 is 0 Å². The van der Waals surface area contributed by atoms with Gasteiger partial charge in [-0.25, -0.2) is 0 Å². The summed E-state index contributed by atoms with van der Waals surface area (Å²) < 4.78 is 14.8. The van der Waals surface area contributed by atoms with Crippen LogP contribution < -0.4 is 19.5 Å². The van der Waals surface area contributed by atoms with Gasteiger partial charge in [-0.2, -0.15) is 0 Å². The minimum absolute atomic E-state index is 0.0789. The predicted molar refractivity (Wildman–Crippen MR) is 78.4 cm³/mol. The first-order chi connectivity index (χ1) is 10.7. The highest BCUT2D eigenvalue weighted by atomic mass is 16.6. The molecule has 0 atom stereocenters. The summed E-state index contributed by atoms with van der Waals surface area (Å²) in [6, 6.07) is 2.44. The van der Waals surface area contributed by atoms with Gasteiger partial charge >= 0.3 is 17.9 Å². The van der Waals surface area contributed by atoms with E-state index in [0.29, 0.717) is 6.54 Å². The molecule has 1 aromatic rings. The average molecular weight is 323 g/mol. The molecule has 0 radical (unpaired) electrons. The van der Waals surface area contributed by atoms with E-state index in [1.54, 1.807) is 6.92 Å². The number of rotatable bonds is 5. The summed E-state index contributed by atoms with van der Waals surface area (Å²) >= 11 is 0. The number of carbonyl (C=O) groups excluding carboxylic acids is 4. The Bertz CT molecular complexity index is 614. The van der Waals surface area contributed by atoms with Crippen LogP contribution in [0.2, 0.25) is 0 Å². The van der Waals surface area contributed by atoms with E-state index in [2.05, 4.69) is 5.32 Å². The standard InChI is InChI=1S/C15H17NO7/c1-5-16-15(20)11-6-12(21-8(2)17)14(23-10(4)19)13(7-11)22-9(3)18/h6-7H,5H2,1-4H3,(H,16,20). The van der Waals surface area contributed by atoms with Gasteiger partial charge in [-0.05, 0) is 19.1 Å². The first-order valence-electron chi connectivity index (χ1n) is 6.76. The number of amides is 1. The van der Waals surface area contributed by atoms with Crippen molar-refractivity contribution < 1.29 is 33.4 Å². The fourth-order valence-corrected chi connectivity index (χ4v) is 1.68. The van der Waals surface area contributed by atoms with Crippen molar-refractivity contribution in [2.45, 2.75) is 27.7 Å². The average Bonchev–Trinajstić information content (AvgIpc) is 2.40. The van der Waals surface area contributed by atoms with Gasteiger partial charge in [0.05, 0.1) is 0 Å². The molecule has 8 heteroatoms. The van der Waals surface area contributed by atoms with E-state index < -0.39 is 23.8 Å². The van der Waals surface area contributed by atoms with Gasteiger partial charge in [0.2, 0.25) is 5.75 Å². The molecule has 0 aromatic heterocycles. The molecule has 0 aliphatic carbocycles. The quantitative estimate of drug-likeness (QED) is 0.641. The SMILES string of the molecule is CCNC(=O)c1cc(OC(C)=O)c(OC(C)=O)c(OC(C)=O)c1. The molecule has 124 valence electrons. The van der Waals surface area contributed by atoms with E-state index in [9.17, 15) is 19.2 Å². The van der Waals surface area contributed by atoms with E-state index in [4.69, 9.17) is 14.2 Å². The maximum atomic E-state index is 12.0. The molecule has 8 nitrogen and oxygen atoms in total. The Hall–Kier alpha value is -2.90. The molecule has 0 aliphatic heterocycles. The minimum Gasteiger partial charge on any atom is -0.423 e. The zero-order chi connectivity index (χ0) is 17.6. The molecule has 0 bridgehead atoms. The van der Waals surface area contributed by atoms with Crippen LogP contribution in [0, 0.1) is 0 Å². The van der Waals surface area contributed by atoms with Crippen molar-refractivity contribution in [3.8, 4) is 17.2 Å². The van der Waals surface area contributed by atoms with Crippen molar-refractivity contribution in [2.24, 2.45) is 0 Å². The first-order valence-corrected chi connectivity index (χ1v) is 6.76. The third-order valence-electron chi connectivity index (χ3n) is 2.37. The number of esters is 3. The van der Waals surface area contributed by atoms with Crippen molar-refractivity contribution in [3.63, 3.8) is 0 Å². The minimum atomic E-state index is -0.711. The molecule has 1 amide bonds. The van der Waals surface area contributed by atoms with Crippen molar-refractivity contribution in [1.29, 1.82) is 0 Å². The normalized spacial score (nSPS) is 9.74. The molecule has 0 fully saturated rings. The van der Waals surface area contributed by atoms with E-state index in [1.807, 2.05) is 0 Å². The lowest BCUT2D eigenvalue weighted by molar-refractivity contribution is -0.135. The maximum absolute atomic E-state index is 12.0. The molecule has 1 aromatic carbocycles. The van der Waals surface area contributed by atoms with Crippen LogP contribution in [0.25, 0.3) is 0 Å². The van der Waals surface area contributed by atoms with Gasteiger partial charge in [-0.1, -0.05) is 0 Å². The fraction of sp³-hybridized carbons (Fsp3) is 0.333. The smallest absolute Gasteiger partial charge is 0.308 e. The summed E-state index contributed by atoms with van der Waals surface area (Å²) in [4.78, 5) is 45.6. The Balaban J connectivity index is 3.48. The lowest BCUT2D eigenvalue weighted by Crippen LogP contribution is -2.23. The van der Waals surface area contributed by atoms with Gasteiger partial charge in [0, 0.05) is 32.9 Å². The highest BCUT2D eigenvalue weighted by Gasteiger charge is 2.22. The summed E-state index contributed by atoms with van der Waals surface area (Å²) in [6.07, 6.45) is 0. The summed E-state index contributed by atoms with van der Waals surface area (Å²) in [5.74, 6) is -3.22. The van der Waals surface area contributed by atoms with Crippen LogP contribution in [0.5, 0.6) is 17.2 Å². The van der Waals surface area contributed by atoms with Crippen LogP contribution in [-0.4, -0.2) is 30.4 Å². The van der Waals surface area contributed by atoms with Crippen molar-refractivity contribution in [2.75, 3.05) is 6.54 Å². The Kier molecular flexibility index (Phi) is 6.25. The van der Waals surface area contributed by atoms with Crippen LogP contribution in [-0.2, 0) is 14.4 Å². The molecule has 0 spiro atoms. The zero-order valence-electron chi connectivity index (χ0n) is 13.2. The Morgan fingerprint density at radius 1 is 0.870 bits per heavy atom. The molecule has 23 heavy (non-hydrogen) atoms. The largest absolute Gasteiger partial charge is 0.423 e. The monoisotopic (exact) mass is 323 g/mol. The lowest BCUT2D eigenvalue weighted by atomic mass is 10.1. The van der Waals surface area contributed by atoms with Crippen LogP contribution in [0.15, 0.2) is 12.1 Å². The molecule has 1 N–H and O–H groups in total. The van der Waals surface area contributed by atoms with Crippen molar-refractivity contribution in [3.05, 3.63) is 17.7 Å². The third kappa shape index (κ3) is 5.42. The second kappa shape index (κ2) is 7.92. The van der Waals surface area contributed by atoms with Gasteiger partial charge in [0.1, 0.15) is 0 Å². The number of ether oxygens (including phenoxy) is 3. The van der Waals surface area contributed by atoms with Crippen LogP contribution in [0.4, 0.5) is 0 Å². The molecular weight excluding hydrogens is 306 g/mol. The van der Waals surface area contributed by atoms with Crippen LogP contribution in [0.1, 0.15) is 38.1 Å². The molecule has 0 heterocycles. The van der Waals surface area contributed by atoms with E-state index in [-0.39, 0.29) is 22.8 Å². The maximum Gasteiger partial charge on any atom is 0.308 e. The van der Waals surface area contributed by atoms with Gasteiger partial charge in [-0.3, -0.25) is 19.2 Å². The molecule has 0 aliphatic rings. The molecule has 0 unspecified atom stereocenters. The van der Waals surface area contributed by atoms with E-state index in [0.717, 1.165) is 20.8 Å². The zero-order valence-corrected chi connectivity index (χ0v) is 13.2. The number of benzene rings is 1. The predicted octanol–water partition coefficient (Wildman–Crippen LogP) is 1.21. The second-order valence-electron chi connectivity index (χ2n) is 4.44. The topological polar surface area (TPSA) is 108 Å². The van der Waals surface area contributed by atoms with E-state index >= 15 is 0 Å². The van der Waals surface area contributed by atoms with Crippen molar-refractivity contribution >= 4 is 23.8 Å². The van der Waals surface area contributed by atoms with Crippen LogP contribution in [0.3, 0.4) is 0 Å². The first kappa shape index (κ1) is 18.1. The molecule has 1 rings (SSSR count). The summed E-state index contributed by atoms with van der Waals surface area (Å²) in [7, 11) is 0. The molecular formula is C15H17NO7. The number of hydrogen-bond acceptors (Lipinski definition) is 7. The van der Waals surface area contributed by atoms with Gasteiger partial charge in [0.25, 0.3) is 5.91 Å². The fourth-order valence-electron chi connectivity index (χ4n) is 1.68. The summed E-state index contributed by atoms with van der Waals surface area (Å²) in [5.41, 5.74) is 0.0789. The van der Waals surface area contributed by atoms with Crippen molar-refractivity contribution in [1.82, 2.24) is 5.32 Å². The molecule has 0 saturated heterocycles. The molecule has 0 saturated carbocycles. The number of nitrogens with one attached hydrogen (secondary N) is 1. The summed E-state index contributed by atoms with van der Waals surface area (Å²) in [5, 5.41) is 2.56. The Labute approximate surface area is 132 Å². The third-order valence-corrected chi connectivity index (χ3v) is 2.37. The highest BCUT2D eigenvalue weighted by Crippen LogP contribution is 2.39. The van der Waals surface area contributed by atoms with Gasteiger partial charge in [0.15, 0.2) is 11.5 Å². The van der Waals surface area contributed by atoms with Gasteiger partial charge < -0.3 is 19.5 Å². The summed E-state index contributed by atoms with van der Waals surface area (Å²) in [6.45, 7) is 5.51. The number of carbonyl (C=O) groups is 4. The Morgan fingerprint density at radius 2 is 1.30 bits per heavy atom. The van der Waals surface area contributed by atoms with Gasteiger partial charge in [-0.15, -0.1) is 0 Å². The van der Waals surface area contributed by atoms with E-state index in [1.165, 1.54) is 12.1 Å². The number of hydrogen-bond donors (Lipinski definition) is 1. The second-order valence-corrected chi connectivity index (χ2v) is 4.44.